The molecule has 0 saturated carbocycles. The Morgan fingerprint density at radius 1 is 1.15 bits per heavy atom. The van der Waals surface area contributed by atoms with Crippen molar-refractivity contribution in [2.45, 2.75) is 39.3 Å². The van der Waals surface area contributed by atoms with Gasteiger partial charge in [-0.15, -0.1) is 0 Å². The molecule has 27 heavy (non-hydrogen) atoms. The van der Waals surface area contributed by atoms with Gasteiger partial charge in [0.05, 0.1) is 17.3 Å². The summed E-state index contributed by atoms with van der Waals surface area (Å²) in [5.41, 5.74) is 10.6. The molecular formula is C22H23ClN4. The van der Waals surface area contributed by atoms with Gasteiger partial charge in [0, 0.05) is 19.5 Å². The summed E-state index contributed by atoms with van der Waals surface area (Å²) in [5.74, 6) is 0.987. The van der Waals surface area contributed by atoms with Gasteiger partial charge in [-0.05, 0) is 29.2 Å². The first kappa shape index (κ1) is 19.2. The van der Waals surface area contributed by atoms with Gasteiger partial charge in [-0.3, -0.25) is 0 Å². The van der Waals surface area contributed by atoms with Crippen LogP contribution in [0, 0.1) is 11.3 Å². The molecule has 138 valence electrons. The lowest BCUT2D eigenvalue weighted by Gasteiger charge is -2.12. The fraction of sp³-hybridized carbons (Fsp3) is 0.273. The van der Waals surface area contributed by atoms with Crippen LogP contribution in [-0.4, -0.2) is 9.55 Å². The van der Waals surface area contributed by atoms with Crippen LogP contribution in [0.5, 0.6) is 0 Å². The van der Waals surface area contributed by atoms with Crippen LogP contribution in [0.2, 0.25) is 5.15 Å². The van der Waals surface area contributed by atoms with Crippen LogP contribution in [0.4, 0.5) is 0 Å². The van der Waals surface area contributed by atoms with Crippen molar-refractivity contribution in [3.05, 3.63) is 76.3 Å². The van der Waals surface area contributed by atoms with Crippen molar-refractivity contribution in [1.82, 2.24) is 9.55 Å². The third-order valence-electron chi connectivity index (χ3n) is 4.70. The van der Waals surface area contributed by atoms with Crippen LogP contribution < -0.4 is 5.73 Å². The van der Waals surface area contributed by atoms with Gasteiger partial charge >= 0.3 is 0 Å². The number of unbranched alkanes of at least 4 members (excludes halogenated alkanes) is 1. The van der Waals surface area contributed by atoms with Gasteiger partial charge in [-0.2, -0.15) is 5.26 Å². The lowest BCUT2D eigenvalue weighted by Crippen LogP contribution is -2.12. The summed E-state index contributed by atoms with van der Waals surface area (Å²) in [6.45, 7) is 3.22. The Bertz CT molecular complexity index is 951. The Labute approximate surface area is 165 Å². The molecule has 0 atom stereocenters. The molecule has 0 fully saturated rings. The highest BCUT2D eigenvalue weighted by atomic mass is 35.5. The fourth-order valence-corrected chi connectivity index (χ4v) is 3.49. The monoisotopic (exact) mass is 378 g/mol. The second-order valence-electron chi connectivity index (χ2n) is 6.51. The number of hydrogen-bond donors (Lipinski definition) is 1. The zero-order valence-corrected chi connectivity index (χ0v) is 16.2. The van der Waals surface area contributed by atoms with Crippen LogP contribution >= 0.6 is 11.6 Å². The molecule has 0 aliphatic carbocycles. The molecule has 0 aliphatic rings. The summed E-state index contributed by atoms with van der Waals surface area (Å²) in [5, 5.41) is 9.81. The van der Waals surface area contributed by atoms with Gasteiger partial charge in [0.1, 0.15) is 5.82 Å². The van der Waals surface area contributed by atoms with Gasteiger partial charge in [0.25, 0.3) is 0 Å². The fourth-order valence-electron chi connectivity index (χ4n) is 3.22. The molecular weight excluding hydrogens is 356 g/mol. The van der Waals surface area contributed by atoms with Crippen molar-refractivity contribution in [2.24, 2.45) is 5.73 Å². The maximum Gasteiger partial charge on any atom is 0.151 e. The molecule has 3 aromatic rings. The molecule has 2 N–H and O–H groups in total. The lowest BCUT2D eigenvalue weighted by molar-refractivity contribution is 0.655. The molecule has 0 aliphatic heterocycles. The maximum absolute atomic E-state index is 9.31. The second kappa shape index (κ2) is 8.85. The highest BCUT2D eigenvalue weighted by Crippen LogP contribution is 2.25. The van der Waals surface area contributed by atoms with Crippen LogP contribution in [0.3, 0.4) is 0 Å². The molecule has 5 heteroatoms. The van der Waals surface area contributed by atoms with E-state index in [0.717, 1.165) is 47.5 Å². The summed E-state index contributed by atoms with van der Waals surface area (Å²) >= 11 is 6.29. The number of aryl methyl sites for hydroxylation is 1. The summed E-state index contributed by atoms with van der Waals surface area (Å²) in [7, 11) is 0. The van der Waals surface area contributed by atoms with Crippen molar-refractivity contribution in [3.8, 4) is 17.2 Å². The third kappa shape index (κ3) is 4.21. The first-order valence-electron chi connectivity index (χ1n) is 9.20. The Balaban J connectivity index is 1.88. The Hall–Kier alpha value is -2.61. The average Bonchev–Trinajstić information content (AvgIpc) is 3.01. The first-order chi connectivity index (χ1) is 13.2. The predicted molar refractivity (Wildman–Crippen MR) is 109 cm³/mol. The number of nitriles is 1. The number of nitrogens with zero attached hydrogens (tertiary/aromatic N) is 3. The topological polar surface area (TPSA) is 67.6 Å². The molecule has 0 bridgehead atoms. The van der Waals surface area contributed by atoms with E-state index in [9.17, 15) is 5.26 Å². The van der Waals surface area contributed by atoms with Crippen molar-refractivity contribution in [1.29, 1.82) is 5.26 Å². The Kier molecular flexibility index (Phi) is 6.28. The summed E-state index contributed by atoms with van der Waals surface area (Å²) < 4.78 is 2.14. The number of halogens is 1. The van der Waals surface area contributed by atoms with E-state index in [0.29, 0.717) is 23.8 Å². The zero-order valence-electron chi connectivity index (χ0n) is 15.5. The van der Waals surface area contributed by atoms with E-state index in [1.807, 2.05) is 24.3 Å². The van der Waals surface area contributed by atoms with Crippen molar-refractivity contribution in [3.63, 3.8) is 0 Å². The number of imidazole rings is 1. The van der Waals surface area contributed by atoms with E-state index >= 15 is 0 Å². The number of nitrogens with two attached hydrogens (primary N) is 1. The molecule has 1 heterocycles. The third-order valence-corrected chi connectivity index (χ3v) is 5.01. The minimum Gasteiger partial charge on any atom is -0.325 e. The molecule has 3 rings (SSSR count). The molecule has 0 amide bonds. The highest BCUT2D eigenvalue weighted by molar-refractivity contribution is 6.30. The molecule has 2 aromatic carbocycles. The SMILES string of the molecule is CCCCc1nc(Cl)c(CN)n1Cc1ccc(-c2ccccc2C#N)cc1. The van der Waals surface area contributed by atoms with Gasteiger partial charge in [-0.25, -0.2) is 4.98 Å². The Morgan fingerprint density at radius 2 is 1.89 bits per heavy atom. The van der Waals surface area contributed by atoms with Gasteiger partial charge in [0.15, 0.2) is 5.15 Å². The van der Waals surface area contributed by atoms with Crippen molar-refractivity contribution < 1.29 is 0 Å². The zero-order chi connectivity index (χ0) is 19.2. The Morgan fingerprint density at radius 3 is 2.56 bits per heavy atom. The highest BCUT2D eigenvalue weighted by Gasteiger charge is 2.15. The quantitative estimate of drug-likeness (QED) is 0.634. The van der Waals surface area contributed by atoms with E-state index in [-0.39, 0.29) is 0 Å². The second-order valence-corrected chi connectivity index (χ2v) is 6.87. The predicted octanol–water partition coefficient (Wildman–Crippen LogP) is 4.92. The average molecular weight is 379 g/mol. The van der Waals surface area contributed by atoms with Crippen LogP contribution in [-0.2, 0) is 19.5 Å². The molecule has 0 spiro atoms. The van der Waals surface area contributed by atoms with Crippen LogP contribution in [0.25, 0.3) is 11.1 Å². The first-order valence-corrected chi connectivity index (χ1v) is 9.58. The van der Waals surface area contributed by atoms with Crippen molar-refractivity contribution in [2.75, 3.05) is 0 Å². The summed E-state index contributed by atoms with van der Waals surface area (Å²) in [6.07, 6.45) is 3.07. The van der Waals surface area contributed by atoms with E-state index in [1.54, 1.807) is 0 Å². The van der Waals surface area contributed by atoms with E-state index in [1.165, 1.54) is 0 Å². The van der Waals surface area contributed by atoms with Gasteiger partial charge < -0.3 is 10.3 Å². The maximum atomic E-state index is 9.31. The van der Waals surface area contributed by atoms with Gasteiger partial charge in [-0.1, -0.05) is 67.4 Å². The van der Waals surface area contributed by atoms with Crippen LogP contribution in [0.1, 0.15) is 42.4 Å². The minimum atomic E-state index is 0.367. The molecule has 1 aromatic heterocycles. The van der Waals surface area contributed by atoms with Crippen LogP contribution in [0.15, 0.2) is 48.5 Å². The normalized spacial score (nSPS) is 10.7. The molecule has 0 radical (unpaired) electrons. The largest absolute Gasteiger partial charge is 0.325 e. The smallest absolute Gasteiger partial charge is 0.151 e. The summed E-state index contributed by atoms with van der Waals surface area (Å²) in [6, 6.07) is 18.2. The van der Waals surface area contributed by atoms with E-state index in [2.05, 4.69) is 46.8 Å². The number of rotatable bonds is 7. The van der Waals surface area contributed by atoms with E-state index in [4.69, 9.17) is 17.3 Å². The molecule has 0 saturated heterocycles. The van der Waals surface area contributed by atoms with Crippen molar-refractivity contribution >= 4 is 11.6 Å². The number of hydrogen-bond acceptors (Lipinski definition) is 3. The molecule has 0 unspecified atom stereocenters. The summed E-state index contributed by atoms with van der Waals surface area (Å²) in [4.78, 5) is 4.52. The molecule has 4 nitrogen and oxygen atoms in total. The van der Waals surface area contributed by atoms with E-state index < -0.39 is 0 Å². The standard InChI is InChI=1S/C22H23ClN4/c1-2-3-8-21-26-22(23)20(14-25)27(21)15-16-9-11-17(12-10-16)19-7-5-4-6-18(19)13-24/h4-7,9-12H,2-3,8,14-15,25H2,1H3. The lowest BCUT2D eigenvalue weighted by atomic mass is 9.99. The van der Waals surface area contributed by atoms with Gasteiger partial charge in [0.2, 0.25) is 0 Å². The number of aromatic nitrogens is 2. The number of benzene rings is 2. The minimum absolute atomic E-state index is 0.367.